The molecule has 1 heterocycles. The summed E-state index contributed by atoms with van der Waals surface area (Å²) in [5.74, 6) is 0.862. The second-order valence-corrected chi connectivity index (χ2v) is 6.22. The summed E-state index contributed by atoms with van der Waals surface area (Å²) in [4.78, 5) is 14.5. The first-order valence-corrected chi connectivity index (χ1v) is 8.16. The Balaban J connectivity index is 1.76. The number of para-hydroxylation sites is 1. The normalized spacial score (nSPS) is 13.6. The van der Waals surface area contributed by atoms with Gasteiger partial charge in [-0.3, -0.25) is 4.79 Å². The lowest BCUT2D eigenvalue weighted by atomic mass is 10.0. The van der Waals surface area contributed by atoms with Crippen LogP contribution in [0.5, 0.6) is 5.75 Å². The SMILES string of the molecule is Cc1ccc(C)c(OCC(=O)N2CCCc3ccccc32)c1C. The zero-order valence-corrected chi connectivity index (χ0v) is 14.1. The lowest BCUT2D eigenvalue weighted by molar-refractivity contribution is -0.120. The lowest BCUT2D eigenvalue weighted by Gasteiger charge is -2.29. The van der Waals surface area contributed by atoms with Crippen molar-refractivity contribution in [1.82, 2.24) is 0 Å². The van der Waals surface area contributed by atoms with Crippen LogP contribution < -0.4 is 9.64 Å². The largest absolute Gasteiger partial charge is 0.483 e. The standard InChI is InChI=1S/C20H23NO2/c1-14-10-11-15(2)20(16(14)3)23-13-19(22)21-12-6-8-17-7-4-5-9-18(17)21/h4-5,7,9-11H,6,8,12-13H2,1-3H3. The van der Waals surface area contributed by atoms with Crippen molar-refractivity contribution in [3.63, 3.8) is 0 Å². The maximum Gasteiger partial charge on any atom is 0.264 e. The maximum atomic E-state index is 12.6. The van der Waals surface area contributed by atoms with Gasteiger partial charge in [-0.2, -0.15) is 0 Å². The number of anilines is 1. The van der Waals surface area contributed by atoms with Gasteiger partial charge in [0.15, 0.2) is 6.61 Å². The third-order valence-electron chi connectivity index (χ3n) is 4.62. The van der Waals surface area contributed by atoms with Gasteiger partial charge >= 0.3 is 0 Å². The zero-order valence-electron chi connectivity index (χ0n) is 14.1. The first-order valence-electron chi connectivity index (χ1n) is 8.16. The van der Waals surface area contributed by atoms with E-state index in [0.29, 0.717) is 0 Å². The molecular weight excluding hydrogens is 286 g/mol. The number of rotatable bonds is 3. The Morgan fingerprint density at radius 3 is 2.65 bits per heavy atom. The average Bonchev–Trinajstić information content (AvgIpc) is 2.57. The summed E-state index contributed by atoms with van der Waals surface area (Å²) in [6.07, 6.45) is 2.04. The van der Waals surface area contributed by atoms with Crippen LogP contribution in [-0.4, -0.2) is 19.1 Å². The third kappa shape index (κ3) is 3.09. The number of ether oxygens (including phenoxy) is 1. The molecule has 0 aromatic heterocycles. The predicted octanol–water partition coefficient (Wildman–Crippen LogP) is 3.97. The molecule has 0 saturated carbocycles. The van der Waals surface area contributed by atoms with E-state index in [1.54, 1.807) is 0 Å². The molecule has 1 amide bonds. The van der Waals surface area contributed by atoms with Gasteiger partial charge < -0.3 is 9.64 Å². The van der Waals surface area contributed by atoms with Crippen molar-refractivity contribution in [3.05, 3.63) is 58.7 Å². The topological polar surface area (TPSA) is 29.5 Å². The van der Waals surface area contributed by atoms with Crippen LogP contribution >= 0.6 is 0 Å². The van der Waals surface area contributed by atoms with Gasteiger partial charge in [-0.25, -0.2) is 0 Å². The first-order chi connectivity index (χ1) is 11.1. The summed E-state index contributed by atoms with van der Waals surface area (Å²) in [7, 11) is 0. The average molecular weight is 309 g/mol. The van der Waals surface area contributed by atoms with Crippen LogP contribution in [-0.2, 0) is 11.2 Å². The van der Waals surface area contributed by atoms with E-state index >= 15 is 0 Å². The lowest BCUT2D eigenvalue weighted by Crippen LogP contribution is -2.38. The minimum Gasteiger partial charge on any atom is -0.483 e. The predicted molar refractivity (Wildman–Crippen MR) is 93.3 cm³/mol. The minimum atomic E-state index is 0.0254. The third-order valence-corrected chi connectivity index (χ3v) is 4.62. The molecule has 0 fully saturated rings. The van der Waals surface area contributed by atoms with Crippen LogP contribution in [0.25, 0.3) is 0 Å². The second-order valence-electron chi connectivity index (χ2n) is 6.22. The summed E-state index contributed by atoms with van der Waals surface area (Å²) in [5.41, 5.74) is 5.64. The Bertz CT molecular complexity index is 736. The Morgan fingerprint density at radius 1 is 1.09 bits per heavy atom. The molecule has 0 bridgehead atoms. The molecular formula is C20H23NO2. The fraction of sp³-hybridized carbons (Fsp3) is 0.350. The smallest absolute Gasteiger partial charge is 0.264 e. The first kappa shape index (κ1) is 15.6. The molecule has 3 heteroatoms. The summed E-state index contributed by atoms with van der Waals surface area (Å²) in [6.45, 7) is 6.97. The summed E-state index contributed by atoms with van der Waals surface area (Å²) in [6, 6.07) is 12.3. The van der Waals surface area contributed by atoms with E-state index < -0.39 is 0 Å². The fourth-order valence-corrected chi connectivity index (χ4v) is 3.15. The molecule has 23 heavy (non-hydrogen) atoms. The van der Waals surface area contributed by atoms with Crippen LogP contribution in [0.2, 0.25) is 0 Å². The maximum absolute atomic E-state index is 12.6. The quantitative estimate of drug-likeness (QED) is 0.858. The molecule has 0 unspecified atom stereocenters. The van der Waals surface area contributed by atoms with E-state index in [2.05, 4.69) is 19.1 Å². The van der Waals surface area contributed by atoms with Crippen molar-refractivity contribution >= 4 is 11.6 Å². The number of carbonyl (C=O) groups is 1. The number of fused-ring (bicyclic) bond motifs is 1. The Labute approximate surface area is 137 Å². The van der Waals surface area contributed by atoms with Gasteiger partial charge in [0.05, 0.1) is 0 Å². The second kappa shape index (κ2) is 6.45. The zero-order chi connectivity index (χ0) is 16.4. The molecule has 1 aliphatic heterocycles. The number of hydrogen-bond donors (Lipinski definition) is 0. The highest BCUT2D eigenvalue weighted by Crippen LogP contribution is 2.28. The molecule has 1 aliphatic rings. The van der Waals surface area contributed by atoms with Crippen LogP contribution in [0.15, 0.2) is 36.4 Å². The van der Waals surface area contributed by atoms with Crippen molar-refractivity contribution in [2.75, 3.05) is 18.1 Å². The fourth-order valence-electron chi connectivity index (χ4n) is 3.15. The Morgan fingerprint density at radius 2 is 1.83 bits per heavy atom. The van der Waals surface area contributed by atoms with Crippen molar-refractivity contribution in [2.24, 2.45) is 0 Å². The van der Waals surface area contributed by atoms with Gasteiger partial charge in [0.25, 0.3) is 5.91 Å². The van der Waals surface area contributed by atoms with Crippen LogP contribution in [0, 0.1) is 20.8 Å². The van der Waals surface area contributed by atoms with Gasteiger partial charge in [-0.05, 0) is 61.9 Å². The molecule has 0 spiro atoms. The van der Waals surface area contributed by atoms with E-state index in [0.717, 1.165) is 42.0 Å². The van der Waals surface area contributed by atoms with Crippen molar-refractivity contribution in [3.8, 4) is 5.75 Å². The molecule has 0 saturated heterocycles. The number of amides is 1. The number of nitrogens with zero attached hydrogens (tertiary/aromatic N) is 1. The minimum absolute atomic E-state index is 0.0254. The Hall–Kier alpha value is -2.29. The monoisotopic (exact) mass is 309 g/mol. The molecule has 0 aliphatic carbocycles. The number of aryl methyl sites for hydroxylation is 3. The number of benzene rings is 2. The van der Waals surface area contributed by atoms with Crippen LogP contribution in [0.3, 0.4) is 0 Å². The molecule has 0 N–H and O–H groups in total. The highest BCUT2D eigenvalue weighted by Gasteiger charge is 2.22. The van der Waals surface area contributed by atoms with Gasteiger partial charge in [-0.1, -0.05) is 30.3 Å². The highest BCUT2D eigenvalue weighted by atomic mass is 16.5. The van der Waals surface area contributed by atoms with Crippen LogP contribution in [0.1, 0.15) is 28.7 Å². The van der Waals surface area contributed by atoms with Crippen molar-refractivity contribution < 1.29 is 9.53 Å². The highest BCUT2D eigenvalue weighted by molar-refractivity contribution is 5.95. The number of hydrogen-bond acceptors (Lipinski definition) is 2. The van der Waals surface area contributed by atoms with Gasteiger partial charge in [-0.15, -0.1) is 0 Å². The molecule has 0 atom stereocenters. The van der Waals surface area contributed by atoms with Crippen LogP contribution in [0.4, 0.5) is 5.69 Å². The molecule has 120 valence electrons. The summed E-state index contributed by atoms with van der Waals surface area (Å²) in [5, 5.41) is 0. The van der Waals surface area contributed by atoms with E-state index in [4.69, 9.17) is 4.74 Å². The van der Waals surface area contributed by atoms with Gasteiger partial charge in [0.2, 0.25) is 0 Å². The molecule has 3 rings (SSSR count). The van der Waals surface area contributed by atoms with E-state index in [1.165, 1.54) is 11.1 Å². The summed E-state index contributed by atoms with van der Waals surface area (Å²) < 4.78 is 5.89. The van der Waals surface area contributed by atoms with E-state index in [-0.39, 0.29) is 12.5 Å². The van der Waals surface area contributed by atoms with Gasteiger partial charge in [0.1, 0.15) is 5.75 Å². The molecule has 2 aromatic carbocycles. The Kier molecular flexibility index (Phi) is 4.37. The van der Waals surface area contributed by atoms with Gasteiger partial charge in [0, 0.05) is 12.2 Å². The molecule has 2 aromatic rings. The van der Waals surface area contributed by atoms with Crippen molar-refractivity contribution in [1.29, 1.82) is 0 Å². The number of carbonyl (C=O) groups excluding carboxylic acids is 1. The van der Waals surface area contributed by atoms with Crippen molar-refractivity contribution in [2.45, 2.75) is 33.6 Å². The van der Waals surface area contributed by atoms with E-state index in [1.807, 2.05) is 43.0 Å². The summed E-state index contributed by atoms with van der Waals surface area (Å²) >= 11 is 0. The molecule has 0 radical (unpaired) electrons. The van der Waals surface area contributed by atoms with E-state index in [9.17, 15) is 4.79 Å². The molecule has 3 nitrogen and oxygen atoms in total.